The summed E-state index contributed by atoms with van der Waals surface area (Å²) in [4.78, 5) is 0. The standard InChI is InChI=1S/C6H11N2.4ClH/c1-3-8-5-4-7(2)6-8;;;;/h4-6H,3H2,1-2H3;4*1H/q+1;;;;/p-1. The lowest BCUT2D eigenvalue weighted by atomic mass is 10.7. The van der Waals surface area contributed by atoms with E-state index in [9.17, 15) is 0 Å². The third kappa shape index (κ3) is 7.04. The van der Waals surface area contributed by atoms with Gasteiger partial charge in [-0.15, -0.1) is 37.2 Å². The first-order valence-electron chi connectivity index (χ1n) is 2.84. The molecule has 0 N–H and O–H groups in total. The zero-order valence-corrected chi connectivity index (χ0v) is 10.1. The van der Waals surface area contributed by atoms with Crippen LogP contribution in [-0.2, 0) is 13.6 Å². The topological polar surface area (TPSA) is 8.81 Å². The van der Waals surface area contributed by atoms with Crippen molar-refractivity contribution in [3.63, 3.8) is 0 Å². The molecule has 1 heterocycles. The third-order valence-electron chi connectivity index (χ3n) is 1.19. The van der Waals surface area contributed by atoms with E-state index in [1.807, 2.05) is 17.8 Å². The molecule has 0 bridgehead atoms. The third-order valence-corrected chi connectivity index (χ3v) is 1.19. The molecule has 0 unspecified atom stereocenters. The minimum atomic E-state index is 0. The first-order chi connectivity index (χ1) is 3.83. The van der Waals surface area contributed by atoms with Crippen LogP contribution in [0.25, 0.3) is 0 Å². The molecule has 0 aliphatic carbocycles. The Hall–Kier alpha value is 0.370. The summed E-state index contributed by atoms with van der Waals surface area (Å²) in [5, 5.41) is 0. The highest BCUT2D eigenvalue weighted by molar-refractivity contribution is 5.86. The van der Waals surface area contributed by atoms with E-state index in [1.165, 1.54) is 0 Å². The van der Waals surface area contributed by atoms with Crippen molar-refractivity contribution in [3.8, 4) is 0 Å². The van der Waals surface area contributed by atoms with Crippen molar-refractivity contribution in [2.24, 2.45) is 7.05 Å². The van der Waals surface area contributed by atoms with E-state index < -0.39 is 0 Å². The Morgan fingerprint density at radius 1 is 1.25 bits per heavy atom. The van der Waals surface area contributed by atoms with Gasteiger partial charge >= 0.3 is 0 Å². The molecule has 0 amide bonds. The van der Waals surface area contributed by atoms with Crippen LogP contribution in [-0.4, -0.2) is 4.57 Å². The zero-order chi connectivity index (χ0) is 5.98. The number of aryl methyl sites for hydroxylation is 2. The Morgan fingerprint density at radius 3 is 1.92 bits per heavy atom. The van der Waals surface area contributed by atoms with Crippen LogP contribution < -0.4 is 17.0 Å². The molecule has 0 saturated heterocycles. The maximum absolute atomic E-state index is 2.12. The van der Waals surface area contributed by atoms with E-state index in [1.54, 1.807) is 0 Å². The van der Waals surface area contributed by atoms with E-state index in [2.05, 4.69) is 24.0 Å². The highest BCUT2D eigenvalue weighted by Crippen LogP contribution is 1.79. The molecule has 76 valence electrons. The Balaban J connectivity index is -0.0000000800. The molecule has 0 radical (unpaired) electrons. The van der Waals surface area contributed by atoms with Gasteiger partial charge in [0.05, 0.1) is 13.6 Å². The summed E-state index contributed by atoms with van der Waals surface area (Å²) < 4.78 is 4.16. The Morgan fingerprint density at radius 2 is 1.75 bits per heavy atom. The average Bonchev–Trinajstić information content (AvgIpc) is 2.14. The lowest BCUT2D eigenvalue weighted by Gasteiger charge is -1.81. The molecular weight excluding hydrogens is 242 g/mol. The van der Waals surface area contributed by atoms with Gasteiger partial charge in [-0.1, -0.05) is 0 Å². The van der Waals surface area contributed by atoms with Gasteiger partial charge in [-0.25, -0.2) is 9.13 Å². The number of hydrogen-bond acceptors (Lipinski definition) is 0. The first-order valence-corrected chi connectivity index (χ1v) is 2.84. The second-order valence-electron chi connectivity index (χ2n) is 1.91. The molecule has 1 aromatic heterocycles. The van der Waals surface area contributed by atoms with Crippen molar-refractivity contribution in [2.75, 3.05) is 0 Å². The summed E-state index contributed by atoms with van der Waals surface area (Å²) in [5.41, 5.74) is 0. The summed E-state index contributed by atoms with van der Waals surface area (Å²) in [6.45, 7) is 3.18. The molecule has 0 saturated carbocycles. The van der Waals surface area contributed by atoms with Crippen LogP contribution in [0.4, 0.5) is 0 Å². The number of imidazole rings is 1. The van der Waals surface area contributed by atoms with Gasteiger partial charge in [0.25, 0.3) is 0 Å². The largest absolute Gasteiger partial charge is 1.00 e. The summed E-state index contributed by atoms with van der Waals surface area (Å²) in [6.07, 6.45) is 6.14. The molecular formula is C6H14Cl4N2. The van der Waals surface area contributed by atoms with Gasteiger partial charge in [0.1, 0.15) is 12.4 Å². The van der Waals surface area contributed by atoms with Gasteiger partial charge in [-0.2, -0.15) is 0 Å². The van der Waals surface area contributed by atoms with Gasteiger partial charge in [0, 0.05) is 0 Å². The van der Waals surface area contributed by atoms with E-state index in [0.29, 0.717) is 0 Å². The van der Waals surface area contributed by atoms with Crippen LogP contribution in [0, 0.1) is 0 Å². The van der Waals surface area contributed by atoms with Crippen molar-refractivity contribution in [2.45, 2.75) is 13.5 Å². The number of aromatic nitrogens is 2. The van der Waals surface area contributed by atoms with Gasteiger partial charge in [-0.3, -0.25) is 0 Å². The van der Waals surface area contributed by atoms with Crippen LogP contribution in [0.5, 0.6) is 0 Å². The van der Waals surface area contributed by atoms with Crippen molar-refractivity contribution in [1.82, 2.24) is 4.57 Å². The fraction of sp³-hybridized carbons (Fsp3) is 0.500. The minimum Gasteiger partial charge on any atom is -1.00 e. The van der Waals surface area contributed by atoms with Crippen LogP contribution in [0.2, 0.25) is 0 Å². The number of halogens is 4. The quantitative estimate of drug-likeness (QED) is 0.547. The van der Waals surface area contributed by atoms with Gasteiger partial charge in [0.2, 0.25) is 6.33 Å². The van der Waals surface area contributed by atoms with Crippen molar-refractivity contribution < 1.29 is 17.0 Å². The molecule has 0 spiro atoms. The molecule has 0 aliphatic heterocycles. The molecule has 0 aliphatic rings. The van der Waals surface area contributed by atoms with E-state index in [0.717, 1.165) is 6.54 Å². The molecule has 1 aromatic rings. The summed E-state index contributed by atoms with van der Waals surface area (Å²) in [7, 11) is 2.02. The Bertz CT molecular complexity index is 178. The molecule has 2 nitrogen and oxygen atoms in total. The van der Waals surface area contributed by atoms with E-state index in [-0.39, 0.29) is 49.6 Å². The van der Waals surface area contributed by atoms with E-state index >= 15 is 0 Å². The highest BCUT2D eigenvalue weighted by atomic mass is 35.5. The average molecular weight is 256 g/mol. The fourth-order valence-corrected chi connectivity index (χ4v) is 0.689. The van der Waals surface area contributed by atoms with Gasteiger partial charge in [-0.05, 0) is 6.92 Å². The van der Waals surface area contributed by atoms with Crippen LogP contribution in [0.15, 0.2) is 18.7 Å². The number of rotatable bonds is 1. The van der Waals surface area contributed by atoms with E-state index in [4.69, 9.17) is 0 Å². The minimum absolute atomic E-state index is 0. The molecule has 0 aromatic carbocycles. The maximum atomic E-state index is 2.12. The number of nitrogens with zero attached hydrogens (tertiary/aromatic N) is 2. The second-order valence-corrected chi connectivity index (χ2v) is 1.91. The Kier molecular flexibility index (Phi) is 21.6. The van der Waals surface area contributed by atoms with Crippen molar-refractivity contribution >= 4 is 37.2 Å². The molecule has 0 fully saturated rings. The van der Waals surface area contributed by atoms with Crippen LogP contribution in [0.1, 0.15) is 6.92 Å². The lowest BCUT2D eigenvalue weighted by Crippen LogP contribution is -3.00. The first kappa shape index (κ1) is 22.8. The fourth-order valence-electron chi connectivity index (χ4n) is 0.689. The summed E-state index contributed by atoms with van der Waals surface area (Å²) in [5.74, 6) is 0. The van der Waals surface area contributed by atoms with Crippen molar-refractivity contribution in [1.29, 1.82) is 0 Å². The molecule has 0 atom stereocenters. The monoisotopic (exact) mass is 254 g/mol. The Labute approximate surface area is 98.0 Å². The zero-order valence-electron chi connectivity index (χ0n) is 6.94. The summed E-state index contributed by atoms with van der Waals surface area (Å²) in [6, 6.07) is 0. The second kappa shape index (κ2) is 11.4. The number of hydrogen-bond donors (Lipinski definition) is 0. The smallest absolute Gasteiger partial charge is 0.243 e. The highest BCUT2D eigenvalue weighted by Gasteiger charge is 1.92. The van der Waals surface area contributed by atoms with Crippen LogP contribution >= 0.6 is 37.2 Å². The molecule has 1 rings (SSSR count). The van der Waals surface area contributed by atoms with Gasteiger partial charge < -0.3 is 12.4 Å². The summed E-state index contributed by atoms with van der Waals surface area (Å²) >= 11 is 0. The van der Waals surface area contributed by atoms with Crippen LogP contribution in [0.3, 0.4) is 0 Å². The molecule has 6 heteroatoms. The van der Waals surface area contributed by atoms with Crippen molar-refractivity contribution in [3.05, 3.63) is 18.7 Å². The maximum Gasteiger partial charge on any atom is 0.243 e. The predicted molar refractivity (Wildman–Crippen MR) is 53.0 cm³/mol. The normalized spacial score (nSPS) is 6.50. The SMILES string of the molecule is CCn1cc[n+](C)c1.Cl.Cl.Cl.[Cl-]. The molecule has 12 heavy (non-hydrogen) atoms. The predicted octanol–water partition coefficient (Wildman–Crippen LogP) is -1.40. The van der Waals surface area contributed by atoms with Gasteiger partial charge in [0.15, 0.2) is 0 Å². The lowest BCUT2D eigenvalue weighted by molar-refractivity contribution is -0.671.